The van der Waals surface area contributed by atoms with Gasteiger partial charge in [-0.3, -0.25) is 0 Å². The third kappa shape index (κ3) is 9.83. The van der Waals surface area contributed by atoms with Crippen LogP contribution in [0.5, 0.6) is 0 Å². The van der Waals surface area contributed by atoms with Gasteiger partial charge in [0.25, 0.3) is 0 Å². The molecular weight excluding hydrogens is 537 g/mol. The number of benzene rings is 1. The number of hydrogen-bond donors (Lipinski definition) is 0. The fraction of sp³-hybridized carbons (Fsp3) is 0.571. The Morgan fingerprint density at radius 1 is 0.923 bits per heavy atom. The van der Waals surface area contributed by atoms with Crippen molar-refractivity contribution in [2.75, 3.05) is 13.6 Å². The van der Waals surface area contributed by atoms with E-state index in [-0.39, 0.29) is 24.0 Å². The van der Waals surface area contributed by atoms with Crippen LogP contribution in [0.3, 0.4) is 0 Å². The lowest BCUT2D eigenvalue weighted by Gasteiger charge is -2.35. The summed E-state index contributed by atoms with van der Waals surface area (Å²) < 4.78 is 131. The van der Waals surface area contributed by atoms with Gasteiger partial charge in [0.2, 0.25) is 0 Å². The minimum atomic E-state index is -4.92. The van der Waals surface area contributed by atoms with E-state index < -0.39 is 64.1 Å². The van der Waals surface area contributed by atoms with Crippen LogP contribution in [0.25, 0.3) is 0 Å². The number of allylic oxidation sites excluding steroid dienone is 4. The molecule has 0 heterocycles. The van der Waals surface area contributed by atoms with Crippen LogP contribution in [-0.2, 0) is 15.6 Å². The van der Waals surface area contributed by atoms with Gasteiger partial charge in [-0.1, -0.05) is 27.7 Å². The molecule has 0 atom stereocenters. The predicted octanol–water partition coefficient (Wildman–Crippen LogP) is 9.63. The van der Waals surface area contributed by atoms with Gasteiger partial charge in [0.05, 0.1) is 11.8 Å². The van der Waals surface area contributed by atoms with Crippen molar-refractivity contribution in [2.24, 2.45) is 5.92 Å². The highest BCUT2D eigenvalue weighted by Gasteiger charge is 2.53. The molecule has 0 N–H and O–H groups in total. The zero-order chi connectivity index (χ0) is 30.6. The van der Waals surface area contributed by atoms with Crippen molar-refractivity contribution in [3.63, 3.8) is 0 Å². The number of hydrogen-bond acceptors (Lipinski definition) is 2. The molecule has 0 saturated carbocycles. The molecular formula is C28H36F9NO. The molecule has 39 heavy (non-hydrogen) atoms. The van der Waals surface area contributed by atoms with Crippen LogP contribution in [0, 0.1) is 17.6 Å². The first kappa shape index (κ1) is 34.4. The first-order chi connectivity index (χ1) is 17.5. The maximum Gasteiger partial charge on any atom is 0.407 e. The summed E-state index contributed by atoms with van der Waals surface area (Å²) in [6.07, 6.45) is -9.34. The Bertz CT molecular complexity index is 1060. The van der Waals surface area contributed by atoms with Gasteiger partial charge in [0.1, 0.15) is 29.0 Å². The summed E-state index contributed by atoms with van der Waals surface area (Å²) in [5.74, 6) is -5.73. The van der Waals surface area contributed by atoms with E-state index in [1.54, 1.807) is 25.8 Å². The van der Waals surface area contributed by atoms with Gasteiger partial charge >= 0.3 is 12.3 Å². The summed E-state index contributed by atoms with van der Waals surface area (Å²) in [5, 5.41) is 0. The molecule has 11 heteroatoms. The third-order valence-corrected chi connectivity index (χ3v) is 6.00. The molecule has 1 aromatic rings. The van der Waals surface area contributed by atoms with Gasteiger partial charge in [-0.2, -0.15) is 22.0 Å². The zero-order valence-corrected chi connectivity index (χ0v) is 23.3. The van der Waals surface area contributed by atoms with E-state index in [2.05, 4.69) is 4.74 Å². The summed E-state index contributed by atoms with van der Waals surface area (Å²) in [4.78, 5) is 1.65. The normalized spacial score (nSPS) is 14.8. The van der Waals surface area contributed by atoms with Crippen molar-refractivity contribution >= 4 is 0 Å². The summed E-state index contributed by atoms with van der Waals surface area (Å²) in [7, 11) is 1.69. The summed E-state index contributed by atoms with van der Waals surface area (Å²) in [6.45, 7) is 10.2. The minimum absolute atomic E-state index is 0.0163. The first-order valence-electron chi connectivity index (χ1n) is 12.2. The van der Waals surface area contributed by atoms with Gasteiger partial charge < -0.3 is 9.64 Å². The number of halogens is 9. The second-order valence-corrected chi connectivity index (χ2v) is 11.1. The molecule has 0 aliphatic heterocycles. The van der Waals surface area contributed by atoms with Crippen LogP contribution in [0.2, 0.25) is 0 Å². The van der Waals surface area contributed by atoms with E-state index in [1.807, 2.05) is 13.8 Å². The summed E-state index contributed by atoms with van der Waals surface area (Å²) >= 11 is 0. The van der Waals surface area contributed by atoms with Crippen LogP contribution in [0.1, 0.15) is 72.4 Å². The summed E-state index contributed by atoms with van der Waals surface area (Å²) in [5.41, 5.74) is -4.86. The maximum atomic E-state index is 15.2. The van der Waals surface area contributed by atoms with E-state index in [9.17, 15) is 22.0 Å². The van der Waals surface area contributed by atoms with Gasteiger partial charge in [-0.15, -0.1) is 0 Å². The first-order valence-corrected chi connectivity index (χ1v) is 12.2. The topological polar surface area (TPSA) is 12.5 Å². The second-order valence-electron chi connectivity index (χ2n) is 11.1. The highest BCUT2D eigenvalue weighted by molar-refractivity contribution is 5.37. The monoisotopic (exact) mass is 573 g/mol. The van der Waals surface area contributed by atoms with Crippen LogP contribution in [0.15, 0.2) is 47.9 Å². The van der Waals surface area contributed by atoms with Crippen molar-refractivity contribution in [3.05, 3.63) is 70.7 Å². The van der Waals surface area contributed by atoms with Crippen LogP contribution >= 0.6 is 0 Å². The molecule has 0 amide bonds. The number of ether oxygens (including phenoxy) is 1. The van der Waals surface area contributed by atoms with Crippen molar-refractivity contribution in [3.8, 4) is 0 Å². The smallest absolute Gasteiger partial charge is 0.407 e. The van der Waals surface area contributed by atoms with Gasteiger partial charge in [-0.25, -0.2) is 17.6 Å². The van der Waals surface area contributed by atoms with Crippen molar-refractivity contribution in [1.82, 2.24) is 4.90 Å². The molecule has 0 aliphatic rings. The molecule has 0 bridgehead atoms. The fourth-order valence-corrected chi connectivity index (χ4v) is 3.99. The van der Waals surface area contributed by atoms with Crippen LogP contribution < -0.4 is 0 Å². The number of nitrogens with zero attached hydrogens (tertiary/aromatic N) is 1. The van der Waals surface area contributed by atoms with Gasteiger partial charge in [-0.05, 0) is 55.9 Å². The molecule has 0 radical (unpaired) electrons. The molecule has 1 rings (SSSR count). The van der Waals surface area contributed by atoms with Crippen molar-refractivity contribution in [2.45, 2.75) is 84.4 Å². The Kier molecular flexibility index (Phi) is 11.2. The van der Waals surface area contributed by atoms with E-state index in [1.165, 1.54) is 6.20 Å². The summed E-state index contributed by atoms with van der Waals surface area (Å²) in [6, 6.07) is 1.67. The Morgan fingerprint density at radius 3 is 1.87 bits per heavy atom. The molecule has 0 unspecified atom stereocenters. The minimum Gasteiger partial charge on any atom is -0.432 e. The molecule has 1 aromatic carbocycles. The third-order valence-electron chi connectivity index (χ3n) is 6.00. The quantitative estimate of drug-likeness (QED) is 0.140. The Hall–Kier alpha value is -2.59. The maximum absolute atomic E-state index is 15.2. The Morgan fingerprint density at radius 2 is 1.44 bits per heavy atom. The second kappa shape index (κ2) is 12.7. The lowest BCUT2D eigenvalue weighted by atomic mass is 9.77. The molecule has 0 aromatic heterocycles. The lowest BCUT2D eigenvalue weighted by Crippen LogP contribution is -2.44. The van der Waals surface area contributed by atoms with Crippen molar-refractivity contribution in [1.29, 1.82) is 0 Å². The van der Waals surface area contributed by atoms with Gasteiger partial charge in [0, 0.05) is 37.9 Å². The number of alkyl halides is 5. The predicted molar refractivity (Wildman–Crippen MR) is 133 cm³/mol. The standard InChI is InChI=1S/C28H36F9NO/c1-9-21(12-19(29)14-27(33,34)35)39-28(36,37)26(6,7)24-22(31)10-18(11-23(24)32)25(4,5)13-20(30)16-38(8)15-17(2)3/h9-12,16-17H,13-15H2,1-8H3/b19-12+,20-16+,21-9+. The lowest BCUT2D eigenvalue weighted by molar-refractivity contribution is -0.253. The van der Waals surface area contributed by atoms with E-state index in [4.69, 9.17) is 0 Å². The molecule has 0 fully saturated rings. The van der Waals surface area contributed by atoms with Crippen LogP contribution in [0.4, 0.5) is 39.5 Å². The molecule has 2 nitrogen and oxygen atoms in total. The van der Waals surface area contributed by atoms with E-state index in [0.29, 0.717) is 6.54 Å². The number of rotatable bonds is 12. The molecule has 0 aliphatic carbocycles. The Labute approximate surface area is 224 Å². The van der Waals surface area contributed by atoms with E-state index in [0.717, 1.165) is 39.0 Å². The average molecular weight is 574 g/mol. The molecule has 0 spiro atoms. The van der Waals surface area contributed by atoms with Gasteiger partial charge in [0.15, 0.2) is 0 Å². The fourth-order valence-electron chi connectivity index (χ4n) is 3.99. The molecule has 0 saturated heterocycles. The largest absolute Gasteiger partial charge is 0.432 e. The van der Waals surface area contributed by atoms with Crippen LogP contribution in [-0.4, -0.2) is 30.8 Å². The van der Waals surface area contributed by atoms with E-state index >= 15 is 17.6 Å². The zero-order valence-electron chi connectivity index (χ0n) is 23.3. The highest BCUT2D eigenvalue weighted by atomic mass is 19.4. The Balaban J connectivity index is 3.33. The average Bonchev–Trinajstić information content (AvgIpc) is 2.69. The van der Waals surface area contributed by atoms with Crippen molar-refractivity contribution < 1.29 is 44.3 Å². The SMILES string of the molecule is C/C=C(\C=C(\F)CC(F)(F)F)OC(F)(F)C(C)(C)c1c(F)cc(C(C)(C)C/C(F)=C\N(C)CC(C)C)cc1F. The highest BCUT2D eigenvalue weighted by Crippen LogP contribution is 2.45. The molecule has 222 valence electrons.